The van der Waals surface area contributed by atoms with Gasteiger partial charge in [0.05, 0.1) is 0 Å². The number of carbonyl (C=O) groups is 2. The molecule has 0 saturated heterocycles. The molecule has 0 aromatic carbocycles. The zero-order chi connectivity index (χ0) is 5.15. The van der Waals surface area contributed by atoms with E-state index in [1.807, 2.05) is 0 Å². The summed E-state index contributed by atoms with van der Waals surface area (Å²) in [5.74, 6) is -3.65. The molecule has 0 spiro atoms. The van der Waals surface area contributed by atoms with E-state index in [9.17, 15) is 0 Å². The summed E-state index contributed by atoms with van der Waals surface area (Å²) < 4.78 is 0. The molecular formula is C2H6O5Sr. The minimum Gasteiger partial charge on any atom is -1.00 e. The Hall–Kier alpha value is 0.381. The molecule has 0 bridgehead atoms. The van der Waals surface area contributed by atoms with Crippen molar-refractivity contribution < 1.29 is 28.1 Å². The van der Waals surface area contributed by atoms with Gasteiger partial charge in [0.25, 0.3) is 0 Å². The second kappa shape index (κ2) is 7.38. The summed E-state index contributed by atoms with van der Waals surface area (Å²) in [6, 6.07) is 0. The van der Waals surface area contributed by atoms with Gasteiger partial charge >= 0.3 is 57.4 Å². The van der Waals surface area contributed by atoms with Crippen LogP contribution in [0.25, 0.3) is 0 Å². The maximum atomic E-state index is 9.10. The predicted octanol–water partition coefficient (Wildman–Crippen LogP) is -1.82. The van der Waals surface area contributed by atoms with Gasteiger partial charge in [-0.25, -0.2) is 9.59 Å². The standard InChI is InChI=1S/C2H2O4.H2O.Sr.2H/c3-1(4)2(5)6;;;;/h(H,3,4)(H,5,6);1H2;;;/q;;+2;2*-1. The fraction of sp³-hybridized carbons (Fsp3) is 0. The van der Waals surface area contributed by atoms with Crippen LogP contribution in [0.5, 0.6) is 0 Å². The molecule has 0 radical (unpaired) electrons. The summed E-state index contributed by atoms with van der Waals surface area (Å²) in [4.78, 5) is 18.2. The third-order valence-electron chi connectivity index (χ3n) is 0.183. The summed E-state index contributed by atoms with van der Waals surface area (Å²) in [5.41, 5.74) is 0. The van der Waals surface area contributed by atoms with Gasteiger partial charge in [0, 0.05) is 0 Å². The van der Waals surface area contributed by atoms with Crippen LogP contribution in [0.4, 0.5) is 0 Å². The van der Waals surface area contributed by atoms with Crippen LogP contribution in [0, 0.1) is 0 Å². The molecule has 5 nitrogen and oxygen atoms in total. The summed E-state index contributed by atoms with van der Waals surface area (Å²) in [6.07, 6.45) is 0. The first-order valence-corrected chi connectivity index (χ1v) is 1.11. The Bertz CT molecular complexity index is 83.6. The van der Waals surface area contributed by atoms with Gasteiger partial charge in [0.15, 0.2) is 0 Å². The van der Waals surface area contributed by atoms with Gasteiger partial charge in [-0.3, -0.25) is 0 Å². The van der Waals surface area contributed by atoms with Crippen molar-refractivity contribution in [2.45, 2.75) is 0 Å². The van der Waals surface area contributed by atoms with Gasteiger partial charge in [-0.2, -0.15) is 0 Å². The van der Waals surface area contributed by atoms with Crippen molar-refractivity contribution in [1.82, 2.24) is 0 Å². The van der Waals surface area contributed by atoms with E-state index in [0.29, 0.717) is 0 Å². The summed E-state index contributed by atoms with van der Waals surface area (Å²) >= 11 is 0. The van der Waals surface area contributed by atoms with Crippen LogP contribution in [0.1, 0.15) is 2.85 Å². The van der Waals surface area contributed by atoms with E-state index in [4.69, 9.17) is 19.8 Å². The largest absolute Gasteiger partial charge is 2.00 e. The van der Waals surface area contributed by atoms with Gasteiger partial charge in [0.1, 0.15) is 0 Å². The smallest absolute Gasteiger partial charge is 1.00 e. The zero-order valence-corrected chi connectivity index (χ0v) is 7.39. The Kier molecular flexibility index (Phi) is 14.5. The number of carboxylic acids is 2. The maximum absolute atomic E-state index is 9.10. The molecule has 0 atom stereocenters. The second-order valence-electron chi connectivity index (χ2n) is 0.610. The van der Waals surface area contributed by atoms with E-state index in [2.05, 4.69) is 0 Å². The molecule has 0 amide bonds. The fourth-order valence-corrected chi connectivity index (χ4v) is 0. The molecule has 46 valence electrons. The SMILES string of the molecule is O.O=C(O)C(=O)O.[H-].[H-].[Sr+2]. The molecule has 0 aromatic heterocycles. The fourth-order valence-electron chi connectivity index (χ4n) is 0. The zero-order valence-electron chi connectivity index (χ0n) is 5.92. The number of hydrogen-bond acceptors (Lipinski definition) is 2. The Morgan fingerprint density at radius 1 is 1.12 bits per heavy atom. The van der Waals surface area contributed by atoms with E-state index in [-0.39, 0.29) is 53.8 Å². The van der Waals surface area contributed by atoms with E-state index in [0.717, 1.165) is 0 Å². The Balaban J connectivity index is -0.0000000208. The monoisotopic (exact) mass is 198 g/mol. The molecule has 0 fully saturated rings. The van der Waals surface area contributed by atoms with Crippen LogP contribution in [-0.4, -0.2) is 73.1 Å². The molecule has 0 rings (SSSR count). The predicted molar refractivity (Wildman–Crippen MR) is 26.9 cm³/mol. The first-order valence-electron chi connectivity index (χ1n) is 1.11. The Morgan fingerprint density at radius 2 is 1.25 bits per heavy atom. The molecule has 6 heteroatoms. The molecule has 0 aliphatic heterocycles. The second-order valence-corrected chi connectivity index (χ2v) is 0.610. The number of hydrogen-bond donors (Lipinski definition) is 2. The molecular weight excluding hydrogens is 192 g/mol. The number of aliphatic carboxylic acids is 2. The third-order valence-corrected chi connectivity index (χ3v) is 0.183. The average molecular weight is 198 g/mol. The van der Waals surface area contributed by atoms with Crippen LogP contribution in [-0.2, 0) is 9.59 Å². The topological polar surface area (TPSA) is 106 Å². The van der Waals surface area contributed by atoms with Gasteiger partial charge in [0.2, 0.25) is 0 Å². The Morgan fingerprint density at radius 3 is 1.25 bits per heavy atom. The van der Waals surface area contributed by atoms with Crippen molar-refractivity contribution in [3.63, 3.8) is 0 Å². The third kappa shape index (κ3) is 9.63. The first-order chi connectivity index (χ1) is 2.64. The molecule has 0 heterocycles. The minimum absolute atomic E-state index is 0. The normalized spacial score (nSPS) is 5.50. The molecule has 0 aliphatic carbocycles. The summed E-state index contributed by atoms with van der Waals surface area (Å²) in [7, 11) is 0. The number of carboxylic acid groups (broad SMARTS) is 2. The number of rotatable bonds is 0. The van der Waals surface area contributed by atoms with Crippen LogP contribution >= 0.6 is 0 Å². The molecule has 0 unspecified atom stereocenters. The van der Waals surface area contributed by atoms with Crippen LogP contribution < -0.4 is 0 Å². The van der Waals surface area contributed by atoms with Gasteiger partial charge in [-0.15, -0.1) is 0 Å². The molecule has 0 saturated carbocycles. The van der Waals surface area contributed by atoms with E-state index < -0.39 is 11.9 Å². The molecule has 4 N–H and O–H groups in total. The Labute approximate surface area is 84.9 Å². The first kappa shape index (κ1) is 15.8. The molecule has 8 heavy (non-hydrogen) atoms. The van der Waals surface area contributed by atoms with E-state index in [1.54, 1.807) is 0 Å². The van der Waals surface area contributed by atoms with E-state index in [1.165, 1.54) is 0 Å². The van der Waals surface area contributed by atoms with Crippen molar-refractivity contribution in [3.05, 3.63) is 0 Å². The molecule has 0 aliphatic rings. The van der Waals surface area contributed by atoms with Crippen LogP contribution in [0.15, 0.2) is 0 Å². The van der Waals surface area contributed by atoms with Crippen LogP contribution in [0.3, 0.4) is 0 Å². The van der Waals surface area contributed by atoms with Gasteiger partial charge in [-0.05, 0) is 0 Å². The van der Waals surface area contributed by atoms with Gasteiger partial charge in [-0.1, -0.05) is 0 Å². The van der Waals surface area contributed by atoms with Crippen molar-refractivity contribution in [1.29, 1.82) is 0 Å². The van der Waals surface area contributed by atoms with Crippen molar-refractivity contribution in [3.8, 4) is 0 Å². The van der Waals surface area contributed by atoms with Crippen molar-refractivity contribution in [2.75, 3.05) is 0 Å². The maximum Gasteiger partial charge on any atom is 2.00 e. The molecule has 0 aromatic rings. The quantitative estimate of drug-likeness (QED) is 0.352. The minimum atomic E-state index is -1.82. The average Bonchev–Trinajstić information content (AvgIpc) is 1.36. The van der Waals surface area contributed by atoms with Crippen LogP contribution in [0.2, 0.25) is 0 Å². The summed E-state index contributed by atoms with van der Waals surface area (Å²) in [6.45, 7) is 0. The van der Waals surface area contributed by atoms with E-state index >= 15 is 0 Å². The summed E-state index contributed by atoms with van der Waals surface area (Å²) in [5, 5.41) is 14.8. The van der Waals surface area contributed by atoms with Crippen molar-refractivity contribution >= 4 is 57.4 Å². The van der Waals surface area contributed by atoms with Gasteiger partial charge < -0.3 is 18.5 Å². The van der Waals surface area contributed by atoms with Crippen molar-refractivity contribution in [2.24, 2.45) is 0 Å².